The van der Waals surface area contributed by atoms with Crippen molar-refractivity contribution in [2.45, 2.75) is 57.8 Å². The van der Waals surface area contributed by atoms with Crippen molar-refractivity contribution in [2.75, 3.05) is 0 Å². The molecule has 2 nitrogen and oxygen atoms in total. The number of thiophene rings is 1. The summed E-state index contributed by atoms with van der Waals surface area (Å²) in [5.74, 6) is 0.718. The van der Waals surface area contributed by atoms with Crippen LogP contribution in [0, 0.1) is 0 Å². The molecule has 310 valence electrons. The lowest BCUT2D eigenvalue weighted by molar-refractivity contribution is 0.588. The first-order valence-electron chi connectivity index (χ1n) is 22.4. The summed E-state index contributed by atoms with van der Waals surface area (Å²) in [5.41, 5.74) is 17.4. The molecule has 2 aromatic heterocycles. The Kier molecular flexibility index (Phi) is 9.41. The molecular formula is C61H50N2S. The summed E-state index contributed by atoms with van der Waals surface area (Å²) in [7, 11) is 0. The molecule has 0 saturated carbocycles. The monoisotopic (exact) mass is 842 g/mol. The fraction of sp³-hybridized carbons (Fsp3) is 0.148. The van der Waals surface area contributed by atoms with Gasteiger partial charge in [0.05, 0.1) is 16.8 Å². The number of benzene rings is 8. The average molecular weight is 843 g/mol. The van der Waals surface area contributed by atoms with Gasteiger partial charge in [0, 0.05) is 36.9 Å². The summed E-state index contributed by atoms with van der Waals surface area (Å²) in [6.45, 7) is 13.7. The minimum atomic E-state index is -0.503. The highest BCUT2D eigenvalue weighted by Gasteiger charge is 2.46. The van der Waals surface area contributed by atoms with E-state index in [0.29, 0.717) is 0 Å². The standard InChI is InChI=1S/C61H50N2S/c1-59(2,3)43-28-32-45(33-29-43)61(46-34-30-44(31-35-46)60(4,5)6)52-21-12-10-17-47(52)48-36-27-42(37-53(48)61)39-23-25-40(26-24-39)54-38-55(63-58(62-54)41-15-8-7-9-16-41)51-20-14-19-50-49-18-11-13-22-56(49)64-57(50)51/h7-38H,1-6H3. The Hall–Kier alpha value is -6.94. The van der Waals surface area contributed by atoms with Crippen molar-refractivity contribution in [1.82, 2.24) is 9.97 Å². The maximum absolute atomic E-state index is 5.23. The van der Waals surface area contributed by atoms with Crippen LogP contribution < -0.4 is 0 Å². The average Bonchev–Trinajstić information content (AvgIpc) is 3.85. The lowest BCUT2D eigenvalue weighted by Gasteiger charge is -2.35. The van der Waals surface area contributed by atoms with E-state index in [2.05, 4.69) is 230 Å². The van der Waals surface area contributed by atoms with E-state index < -0.39 is 5.41 Å². The van der Waals surface area contributed by atoms with Crippen LogP contribution in [0.25, 0.3) is 76.3 Å². The minimum absolute atomic E-state index is 0.0502. The molecule has 0 fully saturated rings. The predicted octanol–water partition coefficient (Wildman–Crippen LogP) is 16.5. The van der Waals surface area contributed by atoms with E-state index in [0.717, 1.165) is 39.5 Å². The van der Waals surface area contributed by atoms with Gasteiger partial charge in [0.1, 0.15) is 0 Å². The van der Waals surface area contributed by atoms with Gasteiger partial charge in [-0.15, -0.1) is 11.3 Å². The Balaban J connectivity index is 1.05. The SMILES string of the molecule is CC(C)(C)c1ccc(C2(c3ccc(C(C)(C)C)cc3)c3ccccc3-c3ccc(-c4ccc(-c5cc(-c6cccc7c6sc6ccccc67)nc(-c6ccccc6)n5)cc4)cc32)cc1. The summed E-state index contributed by atoms with van der Waals surface area (Å²) in [5, 5.41) is 2.54. The van der Waals surface area contributed by atoms with E-state index >= 15 is 0 Å². The highest BCUT2D eigenvalue weighted by atomic mass is 32.1. The third kappa shape index (κ3) is 6.61. The Labute approximate surface area is 381 Å². The molecule has 0 unspecified atom stereocenters. The van der Waals surface area contributed by atoms with Crippen molar-refractivity contribution in [3.8, 4) is 56.2 Å². The van der Waals surface area contributed by atoms with Crippen LogP contribution in [0.15, 0.2) is 194 Å². The summed E-state index contributed by atoms with van der Waals surface area (Å²) in [6, 6.07) is 71.7. The second-order valence-electron chi connectivity index (χ2n) is 19.4. The van der Waals surface area contributed by atoms with Gasteiger partial charge in [0.25, 0.3) is 0 Å². The van der Waals surface area contributed by atoms with Gasteiger partial charge in [0.2, 0.25) is 0 Å². The Bertz CT molecular complexity index is 3300. The molecular weight excluding hydrogens is 793 g/mol. The van der Waals surface area contributed by atoms with Crippen LogP contribution in [0.3, 0.4) is 0 Å². The summed E-state index contributed by atoms with van der Waals surface area (Å²) in [6.07, 6.45) is 0. The van der Waals surface area contributed by atoms with Crippen LogP contribution in [-0.4, -0.2) is 9.97 Å². The summed E-state index contributed by atoms with van der Waals surface area (Å²) >= 11 is 1.83. The van der Waals surface area contributed by atoms with Crippen LogP contribution >= 0.6 is 11.3 Å². The van der Waals surface area contributed by atoms with Crippen molar-refractivity contribution >= 4 is 31.5 Å². The highest BCUT2D eigenvalue weighted by Crippen LogP contribution is 2.57. The van der Waals surface area contributed by atoms with E-state index in [1.165, 1.54) is 70.2 Å². The molecule has 0 aliphatic heterocycles. The van der Waals surface area contributed by atoms with Gasteiger partial charge >= 0.3 is 0 Å². The largest absolute Gasteiger partial charge is 0.228 e. The number of hydrogen-bond acceptors (Lipinski definition) is 3. The van der Waals surface area contributed by atoms with Gasteiger partial charge in [0.15, 0.2) is 5.82 Å². The van der Waals surface area contributed by atoms with Gasteiger partial charge in [-0.25, -0.2) is 9.97 Å². The molecule has 0 radical (unpaired) electrons. The fourth-order valence-electron chi connectivity index (χ4n) is 9.92. The number of aromatic nitrogens is 2. The van der Waals surface area contributed by atoms with Gasteiger partial charge in [-0.1, -0.05) is 217 Å². The topological polar surface area (TPSA) is 25.8 Å². The van der Waals surface area contributed by atoms with Crippen molar-refractivity contribution in [1.29, 1.82) is 0 Å². The van der Waals surface area contributed by atoms with Crippen LogP contribution in [0.2, 0.25) is 0 Å². The van der Waals surface area contributed by atoms with Gasteiger partial charge in [-0.05, 0) is 84.7 Å². The predicted molar refractivity (Wildman–Crippen MR) is 271 cm³/mol. The number of nitrogens with zero attached hydrogens (tertiary/aromatic N) is 2. The zero-order chi connectivity index (χ0) is 43.8. The molecule has 3 heteroatoms. The smallest absolute Gasteiger partial charge is 0.160 e. The quantitative estimate of drug-likeness (QED) is 0.167. The molecule has 0 amide bonds. The maximum atomic E-state index is 5.23. The highest BCUT2D eigenvalue weighted by molar-refractivity contribution is 7.26. The molecule has 2 heterocycles. The molecule has 1 aliphatic carbocycles. The first-order valence-corrected chi connectivity index (χ1v) is 23.2. The van der Waals surface area contributed by atoms with Gasteiger partial charge < -0.3 is 0 Å². The lowest BCUT2D eigenvalue weighted by Crippen LogP contribution is -2.29. The van der Waals surface area contributed by atoms with E-state index in [9.17, 15) is 0 Å². The van der Waals surface area contributed by atoms with Crippen LogP contribution in [0.4, 0.5) is 0 Å². The molecule has 1 aliphatic rings. The van der Waals surface area contributed by atoms with Crippen LogP contribution in [-0.2, 0) is 16.2 Å². The van der Waals surface area contributed by atoms with Gasteiger partial charge in [-0.3, -0.25) is 0 Å². The molecule has 10 aromatic rings. The molecule has 0 bridgehead atoms. The number of rotatable bonds is 6. The summed E-state index contributed by atoms with van der Waals surface area (Å²) < 4.78 is 2.52. The van der Waals surface area contributed by atoms with Crippen LogP contribution in [0.5, 0.6) is 0 Å². The van der Waals surface area contributed by atoms with Crippen molar-refractivity contribution in [2.24, 2.45) is 0 Å². The molecule has 11 rings (SSSR count). The Morgan fingerprint density at radius 1 is 0.391 bits per heavy atom. The second-order valence-corrected chi connectivity index (χ2v) is 20.4. The first-order chi connectivity index (χ1) is 31.0. The van der Waals surface area contributed by atoms with Gasteiger partial charge in [-0.2, -0.15) is 0 Å². The molecule has 64 heavy (non-hydrogen) atoms. The third-order valence-corrected chi connectivity index (χ3v) is 14.6. The zero-order valence-corrected chi connectivity index (χ0v) is 38.1. The minimum Gasteiger partial charge on any atom is -0.228 e. The molecule has 0 atom stereocenters. The van der Waals surface area contributed by atoms with E-state index in [1.807, 2.05) is 17.4 Å². The van der Waals surface area contributed by atoms with Crippen molar-refractivity contribution < 1.29 is 0 Å². The Morgan fingerprint density at radius 2 is 0.938 bits per heavy atom. The lowest BCUT2D eigenvalue weighted by atomic mass is 9.66. The van der Waals surface area contributed by atoms with E-state index in [4.69, 9.17) is 9.97 Å². The first kappa shape index (κ1) is 39.9. The summed E-state index contributed by atoms with van der Waals surface area (Å²) in [4.78, 5) is 10.4. The second kappa shape index (κ2) is 15.1. The fourth-order valence-corrected chi connectivity index (χ4v) is 11.1. The third-order valence-electron chi connectivity index (χ3n) is 13.4. The van der Waals surface area contributed by atoms with Crippen LogP contribution in [0.1, 0.15) is 74.9 Å². The molecule has 0 spiro atoms. The van der Waals surface area contributed by atoms with Crippen molar-refractivity contribution in [3.05, 3.63) is 228 Å². The van der Waals surface area contributed by atoms with Crippen molar-refractivity contribution in [3.63, 3.8) is 0 Å². The number of hydrogen-bond donors (Lipinski definition) is 0. The Morgan fingerprint density at radius 3 is 1.62 bits per heavy atom. The zero-order valence-electron chi connectivity index (χ0n) is 37.3. The molecule has 8 aromatic carbocycles. The number of fused-ring (bicyclic) bond motifs is 6. The normalized spacial score (nSPS) is 13.3. The maximum Gasteiger partial charge on any atom is 0.160 e. The molecule has 0 saturated heterocycles. The molecule has 0 N–H and O–H groups in total. The van der Waals surface area contributed by atoms with E-state index in [1.54, 1.807) is 0 Å². The van der Waals surface area contributed by atoms with E-state index in [-0.39, 0.29) is 10.8 Å².